The monoisotopic (exact) mass is 203 g/mol. The minimum Gasteiger partial charge on any atom is -0.370 e. The molecule has 0 fully saturated rings. The summed E-state index contributed by atoms with van der Waals surface area (Å²) >= 11 is 0. The quantitative estimate of drug-likeness (QED) is 0.412. The van der Waals surface area contributed by atoms with Crippen LogP contribution in [-0.4, -0.2) is 51.5 Å². The van der Waals surface area contributed by atoms with Crippen LogP contribution in [0.1, 0.15) is 13.8 Å². The number of hydrogen-bond donors (Lipinski definition) is 2. The third-order valence-electron chi connectivity index (χ3n) is 1.92. The van der Waals surface area contributed by atoms with Gasteiger partial charge in [-0.3, -0.25) is 5.32 Å². The smallest absolute Gasteiger partial charge is 0.0961 e. The van der Waals surface area contributed by atoms with Crippen LogP contribution in [0.25, 0.3) is 0 Å². The molecule has 0 amide bonds. The Labute approximate surface area is 87.8 Å². The molecule has 0 heterocycles. The predicted molar refractivity (Wildman–Crippen MR) is 60.2 cm³/mol. The number of nitrogens with two attached hydrogens (primary N) is 1. The lowest BCUT2D eigenvalue weighted by molar-refractivity contribution is 0.166. The van der Waals surface area contributed by atoms with Crippen molar-refractivity contribution in [2.75, 3.05) is 46.6 Å². The first kappa shape index (κ1) is 13.8. The Kier molecular flexibility index (Phi) is 9.29. The van der Waals surface area contributed by atoms with Crippen LogP contribution in [0.15, 0.2) is 0 Å². The lowest BCUT2D eigenvalue weighted by Crippen LogP contribution is -2.38. The highest BCUT2D eigenvalue weighted by Gasteiger charge is 2.05. The number of rotatable bonds is 9. The molecule has 86 valence electrons. The fourth-order valence-electron chi connectivity index (χ4n) is 1.40. The fourth-order valence-corrected chi connectivity index (χ4v) is 1.40. The van der Waals surface area contributed by atoms with E-state index in [2.05, 4.69) is 24.1 Å². The van der Waals surface area contributed by atoms with Gasteiger partial charge in [-0.2, -0.15) is 0 Å². The lowest BCUT2D eigenvalue weighted by Gasteiger charge is -2.23. The molecule has 0 atom stereocenters. The van der Waals surface area contributed by atoms with Crippen LogP contribution in [0.4, 0.5) is 0 Å². The van der Waals surface area contributed by atoms with Crippen molar-refractivity contribution < 1.29 is 4.74 Å². The first-order chi connectivity index (χ1) is 6.70. The molecular formula is C10H25N3O. The van der Waals surface area contributed by atoms with Crippen LogP contribution in [0.5, 0.6) is 0 Å². The van der Waals surface area contributed by atoms with Gasteiger partial charge < -0.3 is 15.4 Å². The zero-order valence-corrected chi connectivity index (χ0v) is 9.75. The molecule has 0 spiro atoms. The molecule has 0 aromatic heterocycles. The number of hydrogen-bond acceptors (Lipinski definition) is 4. The highest BCUT2D eigenvalue weighted by Crippen LogP contribution is 1.96. The number of nitrogens with one attached hydrogen (secondary N) is 1. The summed E-state index contributed by atoms with van der Waals surface area (Å²) in [4.78, 5) is 2.38. The van der Waals surface area contributed by atoms with E-state index < -0.39 is 0 Å². The molecule has 0 saturated heterocycles. The van der Waals surface area contributed by atoms with Gasteiger partial charge in [-0.25, -0.2) is 0 Å². The van der Waals surface area contributed by atoms with Gasteiger partial charge in [0.2, 0.25) is 0 Å². The second-order valence-corrected chi connectivity index (χ2v) is 3.92. The first-order valence-corrected chi connectivity index (χ1v) is 5.32. The van der Waals surface area contributed by atoms with Gasteiger partial charge in [-0.1, -0.05) is 13.8 Å². The number of ether oxygens (including phenoxy) is 1. The standard InChI is InChI=1S/C10H25N3O/c1-10(2)8-13(6-4-11)7-5-12-9-14-3/h10,12H,4-9,11H2,1-3H3. The van der Waals surface area contributed by atoms with Gasteiger partial charge in [0.15, 0.2) is 0 Å². The Hall–Kier alpha value is -0.160. The van der Waals surface area contributed by atoms with E-state index in [1.807, 2.05) is 0 Å². The second kappa shape index (κ2) is 9.40. The molecule has 0 radical (unpaired) electrons. The van der Waals surface area contributed by atoms with Crippen molar-refractivity contribution in [2.24, 2.45) is 11.7 Å². The Morgan fingerprint density at radius 1 is 1.36 bits per heavy atom. The molecule has 0 rings (SSSR count). The molecule has 4 heteroatoms. The zero-order chi connectivity index (χ0) is 10.8. The summed E-state index contributed by atoms with van der Waals surface area (Å²) in [6, 6.07) is 0. The molecule has 0 aliphatic carbocycles. The Bertz CT molecular complexity index is 120. The molecule has 0 aliphatic heterocycles. The topological polar surface area (TPSA) is 50.5 Å². The van der Waals surface area contributed by atoms with Gasteiger partial charge in [-0.15, -0.1) is 0 Å². The third kappa shape index (κ3) is 8.44. The van der Waals surface area contributed by atoms with Crippen molar-refractivity contribution in [1.82, 2.24) is 10.2 Å². The van der Waals surface area contributed by atoms with E-state index in [4.69, 9.17) is 10.5 Å². The minimum atomic E-state index is 0.623. The third-order valence-corrected chi connectivity index (χ3v) is 1.92. The van der Waals surface area contributed by atoms with Crippen molar-refractivity contribution in [3.8, 4) is 0 Å². The first-order valence-electron chi connectivity index (χ1n) is 5.32. The maximum Gasteiger partial charge on any atom is 0.0961 e. The highest BCUT2D eigenvalue weighted by molar-refractivity contribution is 4.61. The molecule has 0 aromatic carbocycles. The minimum absolute atomic E-state index is 0.623. The van der Waals surface area contributed by atoms with Crippen LogP contribution in [0, 0.1) is 5.92 Å². The van der Waals surface area contributed by atoms with Gasteiger partial charge in [0.25, 0.3) is 0 Å². The summed E-state index contributed by atoms with van der Waals surface area (Å²) in [5.41, 5.74) is 5.55. The fraction of sp³-hybridized carbons (Fsp3) is 1.00. The van der Waals surface area contributed by atoms with Crippen molar-refractivity contribution in [3.63, 3.8) is 0 Å². The van der Waals surface area contributed by atoms with Gasteiger partial charge in [0.1, 0.15) is 0 Å². The molecular weight excluding hydrogens is 178 g/mol. The second-order valence-electron chi connectivity index (χ2n) is 3.92. The molecule has 14 heavy (non-hydrogen) atoms. The maximum atomic E-state index is 5.55. The van der Waals surface area contributed by atoms with Crippen LogP contribution >= 0.6 is 0 Å². The Morgan fingerprint density at radius 2 is 2.07 bits per heavy atom. The maximum absolute atomic E-state index is 5.55. The summed E-state index contributed by atoms with van der Waals surface area (Å²) < 4.78 is 4.91. The van der Waals surface area contributed by atoms with Crippen molar-refractivity contribution in [3.05, 3.63) is 0 Å². The molecule has 0 aromatic rings. The van der Waals surface area contributed by atoms with Crippen LogP contribution < -0.4 is 11.1 Å². The van der Waals surface area contributed by atoms with Crippen molar-refractivity contribution >= 4 is 0 Å². The van der Waals surface area contributed by atoms with E-state index in [0.29, 0.717) is 12.6 Å². The number of methoxy groups -OCH3 is 1. The van der Waals surface area contributed by atoms with E-state index in [1.54, 1.807) is 7.11 Å². The van der Waals surface area contributed by atoms with Gasteiger partial charge >= 0.3 is 0 Å². The molecule has 4 nitrogen and oxygen atoms in total. The van der Waals surface area contributed by atoms with Gasteiger partial charge in [0.05, 0.1) is 6.73 Å². The molecule has 0 aliphatic rings. The molecule has 3 N–H and O–H groups in total. The largest absolute Gasteiger partial charge is 0.370 e. The SMILES string of the molecule is COCNCCN(CCN)CC(C)C. The van der Waals surface area contributed by atoms with E-state index in [9.17, 15) is 0 Å². The summed E-state index contributed by atoms with van der Waals surface area (Å²) in [7, 11) is 1.69. The average Bonchev–Trinajstić information content (AvgIpc) is 2.12. The van der Waals surface area contributed by atoms with Crippen molar-refractivity contribution in [2.45, 2.75) is 13.8 Å². The Balaban J connectivity index is 3.51. The van der Waals surface area contributed by atoms with E-state index in [-0.39, 0.29) is 0 Å². The summed E-state index contributed by atoms with van der Waals surface area (Å²) in [5, 5.41) is 3.19. The van der Waals surface area contributed by atoms with E-state index >= 15 is 0 Å². The number of nitrogens with zero attached hydrogens (tertiary/aromatic N) is 1. The van der Waals surface area contributed by atoms with Crippen molar-refractivity contribution in [1.29, 1.82) is 0 Å². The summed E-state index contributed by atoms with van der Waals surface area (Å²) in [5.74, 6) is 0.698. The van der Waals surface area contributed by atoms with E-state index in [0.717, 1.165) is 32.7 Å². The molecule has 0 saturated carbocycles. The zero-order valence-electron chi connectivity index (χ0n) is 9.75. The van der Waals surface area contributed by atoms with Crippen LogP contribution in [-0.2, 0) is 4.74 Å². The Morgan fingerprint density at radius 3 is 2.57 bits per heavy atom. The van der Waals surface area contributed by atoms with Gasteiger partial charge in [-0.05, 0) is 5.92 Å². The van der Waals surface area contributed by atoms with E-state index in [1.165, 1.54) is 0 Å². The highest BCUT2D eigenvalue weighted by atomic mass is 16.5. The van der Waals surface area contributed by atoms with Crippen LogP contribution in [0.2, 0.25) is 0 Å². The predicted octanol–water partition coefficient (Wildman–Crippen LogP) is 0.0966. The normalized spacial score (nSPS) is 11.6. The van der Waals surface area contributed by atoms with Gasteiger partial charge in [0, 0.05) is 39.8 Å². The summed E-state index contributed by atoms with van der Waals surface area (Å²) in [6.45, 7) is 9.91. The average molecular weight is 203 g/mol. The molecule has 0 bridgehead atoms. The summed E-state index contributed by atoms with van der Waals surface area (Å²) in [6.07, 6.45) is 0. The molecule has 0 unspecified atom stereocenters. The lowest BCUT2D eigenvalue weighted by atomic mass is 10.2. The van der Waals surface area contributed by atoms with Crippen LogP contribution in [0.3, 0.4) is 0 Å².